The van der Waals surface area contributed by atoms with E-state index in [1.54, 1.807) is 11.8 Å². The average molecular weight is 476 g/mol. The van der Waals surface area contributed by atoms with Crippen LogP contribution in [-0.4, -0.2) is 31.4 Å². The standard InChI is InChI=1S/C24H21N5O2S2/c1-15-21(16-8-4-3-5-9-16)22-23(33-15)25-14-29(24(22)31)27-20(30)12-28-18-11-7-6-10-17(18)26-19(28)13-32-2/h3-11,14H,12-13H2,1-2H3,(H,27,30). The van der Waals surface area contributed by atoms with E-state index in [0.717, 1.165) is 32.9 Å². The molecule has 33 heavy (non-hydrogen) atoms. The predicted molar refractivity (Wildman–Crippen MR) is 135 cm³/mol. The van der Waals surface area contributed by atoms with Crippen molar-refractivity contribution in [3.8, 4) is 11.1 Å². The number of nitrogens with zero attached hydrogens (tertiary/aromatic N) is 4. The summed E-state index contributed by atoms with van der Waals surface area (Å²) in [5.74, 6) is 1.18. The van der Waals surface area contributed by atoms with Crippen LogP contribution in [0.4, 0.5) is 0 Å². The van der Waals surface area contributed by atoms with Crippen molar-refractivity contribution in [2.75, 3.05) is 11.7 Å². The van der Waals surface area contributed by atoms with Gasteiger partial charge in [-0.3, -0.25) is 15.0 Å². The zero-order valence-corrected chi connectivity index (χ0v) is 19.7. The summed E-state index contributed by atoms with van der Waals surface area (Å²) in [6.07, 6.45) is 3.37. The highest BCUT2D eigenvalue weighted by Crippen LogP contribution is 2.35. The summed E-state index contributed by atoms with van der Waals surface area (Å²) in [5, 5.41) is 0.516. The smallest absolute Gasteiger partial charge is 0.281 e. The van der Waals surface area contributed by atoms with Gasteiger partial charge in [0.05, 0.1) is 22.2 Å². The Kier molecular flexibility index (Phi) is 5.74. The number of imidazole rings is 1. The van der Waals surface area contributed by atoms with Crippen LogP contribution in [0.1, 0.15) is 10.7 Å². The molecule has 9 heteroatoms. The fourth-order valence-electron chi connectivity index (χ4n) is 3.99. The molecule has 1 N–H and O–H groups in total. The first-order valence-corrected chi connectivity index (χ1v) is 12.6. The van der Waals surface area contributed by atoms with Crippen LogP contribution in [0.15, 0.2) is 65.7 Å². The van der Waals surface area contributed by atoms with E-state index in [-0.39, 0.29) is 18.0 Å². The molecule has 0 aliphatic rings. The van der Waals surface area contributed by atoms with E-state index in [0.29, 0.717) is 16.0 Å². The molecule has 0 aliphatic heterocycles. The maximum absolute atomic E-state index is 13.3. The Morgan fingerprint density at radius 1 is 1.12 bits per heavy atom. The Bertz CT molecular complexity index is 1540. The molecule has 0 saturated heterocycles. The van der Waals surface area contributed by atoms with Crippen LogP contribution < -0.4 is 11.0 Å². The fraction of sp³-hybridized carbons (Fsp3) is 0.167. The highest BCUT2D eigenvalue weighted by atomic mass is 32.2. The van der Waals surface area contributed by atoms with Crippen molar-refractivity contribution in [2.24, 2.45) is 0 Å². The van der Waals surface area contributed by atoms with E-state index in [1.807, 2.05) is 72.3 Å². The Morgan fingerprint density at radius 2 is 1.88 bits per heavy atom. The maximum atomic E-state index is 13.3. The topological polar surface area (TPSA) is 81.8 Å². The van der Waals surface area contributed by atoms with Crippen molar-refractivity contribution >= 4 is 50.3 Å². The van der Waals surface area contributed by atoms with Crippen LogP contribution in [0, 0.1) is 6.92 Å². The Labute approximate surface area is 198 Å². The normalized spacial score (nSPS) is 11.3. The molecule has 7 nitrogen and oxygen atoms in total. The molecule has 166 valence electrons. The summed E-state index contributed by atoms with van der Waals surface area (Å²) < 4.78 is 3.07. The molecule has 2 aromatic carbocycles. The minimum absolute atomic E-state index is 0.0507. The van der Waals surface area contributed by atoms with Crippen molar-refractivity contribution in [3.05, 3.63) is 82.0 Å². The van der Waals surface area contributed by atoms with Crippen LogP contribution in [0.25, 0.3) is 32.4 Å². The van der Waals surface area contributed by atoms with Crippen molar-refractivity contribution in [3.63, 3.8) is 0 Å². The zero-order valence-electron chi connectivity index (χ0n) is 18.1. The first-order chi connectivity index (χ1) is 16.1. The lowest BCUT2D eigenvalue weighted by Gasteiger charge is -2.11. The minimum atomic E-state index is -0.322. The van der Waals surface area contributed by atoms with Crippen LogP contribution in [0.2, 0.25) is 0 Å². The van der Waals surface area contributed by atoms with Gasteiger partial charge in [0.25, 0.3) is 11.5 Å². The number of nitrogens with one attached hydrogen (secondary N) is 1. The highest BCUT2D eigenvalue weighted by Gasteiger charge is 2.18. The summed E-state index contributed by atoms with van der Waals surface area (Å²) in [7, 11) is 0. The summed E-state index contributed by atoms with van der Waals surface area (Å²) in [5.41, 5.74) is 5.96. The molecular weight excluding hydrogens is 454 g/mol. The second-order valence-electron chi connectivity index (χ2n) is 7.57. The van der Waals surface area contributed by atoms with E-state index < -0.39 is 0 Å². The van der Waals surface area contributed by atoms with Crippen molar-refractivity contribution in [2.45, 2.75) is 19.2 Å². The number of carbonyl (C=O) groups excluding carboxylic acids is 1. The lowest BCUT2D eigenvalue weighted by Crippen LogP contribution is -2.35. The van der Waals surface area contributed by atoms with Crippen molar-refractivity contribution < 1.29 is 4.79 Å². The molecule has 0 radical (unpaired) electrons. The molecule has 0 saturated carbocycles. The van der Waals surface area contributed by atoms with E-state index in [2.05, 4.69) is 15.4 Å². The number of carbonyl (C=O) groups is 1. The monoisotopic (exact) mass is 475 g/mol. The van der Waals surface area contributed by atoms with Gasteiger partial charge >= 0.3 is 0 Å². The minimum Gasteiger partial charge on any atom is -0.318 e. The van der Waals surface area contributed by atoms with Crippen LogP contribution in [-0.2, 0) is 17.1 Å². The number of benzene rings is 2. The lowest BCUT2D eigenvalue weighted by atomic mass is 10.0. The molecule has 0 fully saturated rings. The molecule has 0 bridgehead atoms. The number of thioether (sulfide) groups is 1. The number of thiophene rings is 1. The summed E-state index contributed by atoms with van der Waals surface area (Å²) >= 11 is 3.12. The van der Waals surface area contributed by atoms with Gasteiger partial charge in [-0.05, 0) is 30.9 Å². The van der Waals surface area contributed by atoms with Crippen molar-refractivity contribution in [1.82, 2.24) is 19.2 Å². The Morgan fingerprint density at radius 3 is 2.67 bits per heavy atom. The Balaban J connectivity index is 1.50. The quantitative estimate of drug-likeness (QED) is 0.393. The number of amides is 1. The number of aryl methyl sites for hydroxylation is 1. The third kappa shape index (κ3) is 3.94. The van der Waals surface area contributed by atoms with Gasteiger partial charge in [-0.1, -0.05) is 42.5 Å². The fourth-order valence-corrected chi connectivity index (χ4v) is 5.47. The van der Waals surface area contributed by atoms with Crippen LogP contribution in [0.5, 0.6) is 0 Å². The largest absolute Gasteiger partial charge is 0.318 e. The van der Waals surface area contributed by atoms with Gasteiger partial charge in [-0.2, -0.15) is 11.8 Å². The molecule has 5 aromatic rings. The van der Waals surface area contributed by atoms with Gasteiger partial charge in [0.2, 0.25) is 0 Å². The van der Waals surface area contributed by atoms with Gasteiger partial charge < -0.3 is 4.57 Å². The molecule has 5 rings (SSSR count). The van der Waals surface area contributed by atoms with Crippen molar-refractivity contribution in [1.29, 1.82) is 0 Å². The number of fused-ring (bicyclic) bond motifs is 2. The first kappa shape index (κ1) is 21.4. The molecule has 0 unspecified atom stereocenters. The summed E-state index contributed by atoms with van der Waals surface area (Å²) in [6, 6.07) is 17.5. The van der Waals surface area contributed by atoms with Gasteiger partial charge in [0.1, 0.15) is 23.5 Å². The lowest BCUT2D eigenvalue weighted by molar-refractivity contribution is -0.117. The number of hydrogen-bond acceptors (Lipinski definition) is 6. The third-order valence-corrected chi connectivity index (χ3v) is 6.97. The maximum Gasteiger partial charge on any atom is 0.281 e. The third-order valence-electron chi connectivity index (χ3n) is 5.41. The zero-order chi connectivity index (χ0) is 22.9. The molecule has 0 aliphatic carbocycles. The molecule has 1 amide bonds. The number of hydrogen-bond donors (Lipinski definition) is 1. The SMILES string of the molecule is CSCc1nc2ccccc2n1CC(=O)Nn1cnc2sc(C)c(-c3ccccc3)c2c1=O. The second kappa shape index (κ2) is 8.84. The second-order valence-corrected chi connectivity index (χ2v) is 9.64. The van der Waals surface area contributed by atoms with Gasteiger partial charge in [-0.25, -0.2) is 14.6 Å². The van der Waals surface area contributed by atoms with Crippen LogP contribution >= 0.6 is 23.1 Å². The Hall–Kier alpha value is -3.43. The molecule has 3 heterocycles. The molecular formula is C24H21N5O2S2. The van der Waals surface area contributed by atoms with E-state index in [4.69, 9.17) is 0 Å². The van der Waals surface area contributed by atoms with E-state index in [1.165, 1.54) is 22.3 Å². The summed E-state index contributed by atoms with van der Waals surface area (Å²) in [6.45, 7) is 2.03. The molecule has 0 atom stereocenters. The predicted octanol–water partition coefficient (Wildman–Crippen LogP) is 4.42. The van der Waals surface area contributed by atoms with Gasteiger partial charge in [0.15, 0.2) is 0 Å². The highest BCUT2D eigenvalue weighted by molar-refractivity contribution is 7.97. The number of para-hydroxylation sites is 2. The average Bonchev–Trinajstić information content (AvgIpc) is 3.34. The van der Waals surface area contributed by atoms with Gasteiger partial charge in [0, 0.05) is 10.4 Å². The number of rotatable bonds is 6. The molecule has 3 aromatic heterocycles. The molecule has 0 spiro atoms. The number of aromatic nitrogens is 4. The van der Waals surface area contributed by atoms with E-state index in [9.17, 15) is 9.59 Å². The summed E-state index contributed by atoms with van der Waals surface area (Å²) in [4.78, 5) is 37.1. The van der Waals surface area contributed by atoms with Crippen LogP contribution in [0.3, 0.4) is 0 Å². The van der Waals surface area contributed by atoms with Gasteiger partial charge in [-0.15, -0.1) is 11.3 Å². The van der Waals surface area contributed by atoms with E-state index >= 15 is 0 Å². The first-order valence-electron chi connectivity index (χ1n) is 10.4.